The van der Waals surface area contributed by atoms with Gasteiger partial charge in [-0.05, 0) is 26.0 Å². The van der Waals surface area contributed by atoms with Gasteiger partial charge in [0.1, 0.15) is 17.7 Å². The molecule has 0 spiro atoms. The molecular weight excluding hydrogens is 366 g/mol. The average Bonchev–Trinajstić information content (AvgIpc) is 3.10. The van der Waals surface area contributed by atoms with Gasteiger partial charge in [0.2, 0.25) is 5.89 Å². The highest BCUT2D eigenvalue weighted by atomic mass is 16.3. The molecule has 8 nitrogen and oxygen atoms in total. The minimum absolute atomic E-state index is 0.282. The lowest BCUT2D eigenvalue weighted by Crippen LogP contribution is -2.55. The second kappa shape index (κ2) is 7.27. The Kier molecular flexibility index (Phi) is 4.60. The number of anilines is 2. The van der Waals surface area contributed by atoms with Crippen molar-refractivity contribution < 1.29 is 4.42 Å². The Hall–Kier alpha value is -2.71. The molecule has 0 saturated carbocycles. The predicted molar refractivity (Wildman–Crippen MR) is 113 cm³/mol. The minimum atomic E-state index is 0.282. The first-order valence-corrected chi connectivity index (χ1v) is 10.2. The van der Waals surface area contributed by atoms with Crippen molar-refractivity contribution in [1.82, 2.24) is 19.9 Å². The molecule has 5 rings (SSSR count). The van der Waals surface area contributed by atoms with Crippen molar-refractivity contribution in [3.05, 3.63) is 41.7 Å². The number of fused-ring (bicyclic) bond motifs is 1. The van der Waals surface area contributed by atoms with Crippen LogP contribution in [-0.2, 0) is 6.54 Å². The molecule has 0 amide bonds. The number of rotatable bonds is 4. The van der Waals surface area contributed by atoms with E-state index in [0.29, 0.717) is 0 Å². The molecule has 152 valence electrons. The largest absolute Gasteiger partial charge is 0.439 e. The number of hydrogen-bond acceptors (Lipinski definition) is 8. The summed E-state index contributed by atoms with van der Waals surface area (Å²) in [7, 11) is 0. The van der Waals surface area contributed by atoms with E-state index in [9.17, 15) is 0 Å². The Bertz CT molecular complexity index is 1020. The van der Waals surface area contributed by atoms with E-state index < -0.39 is 0 Å². The SMILES string of the molecule is Cc1ncnc(N2CCN(Cc3nc4ccc(N5CC(N)C5)cc4o3)CC2)c1C. The van der Waals surface area contributed by atoms with Gasteiger partial charge in [0.05, 0.1) is 6.54 Å². The van der Waals surface area contributed by atoms with Crippen LogP contribution in [0.3, 0.4) is 0 Å². The summed E-state index contributed by atoms with van der Waals surface area (Å²) in [5.41, 5.74) is 11.0. The van der Waals surface area contributed by atoms with Crippen molar-refractivity contribution in [2.24, 2.45) is 5.73 Å². The number of nitrogens with two attached hydrogens (primary N) is 1. The molecule has 8 heteroatoms. The maximum absolute atomic E-state index is 6.06. The zero-order chi connectivity index (χ0) is 20.0. The van der Waals surface area contributed by atoms with Crippen LogP contribution in [0.2, 0.25) is 0 Å². The van der Waals surface area contributed by atoms with E-state index >= 15 is 0 Å². The summed E-state index contributed by atoms with van der Waals surface area (Å²) in [5.74, 6) is 1.83. The number of nitrogens with zero attached hydrogens (tertiary/aromatic N) is 6. The van der Waals surface area contributed by atoms with Gasteiger partial charge in [0.15, 0.2) is 5.58 Å². The van der Waals surface area contributed by atoms with Crippen molar-refractivity contribution in [3.63, 3.8) is 0 Å². The van der Waals surface area contributed by atoms with Gasteiger partial charge in [-0.15, -0.1) is 0 Å². The van der Waals surface area contributed by atoms with Crippen molar-refractivity contribution in [2.45, 2.75) is 26.4 Å². The van der Waals surface area contributed by atoms with Gasteiger partial charge in [-0.25, -0.2) is 15.0 Å². The summed E-state index contributed by atoms with van der Waals surface area (Å²) >= 11 is 0. The molecule has 0 atom stereocenters. The quantitative estimate of drug-likeness (QED) is 0.717. The first kappa shape index (κ1) is 18.3. The number of hydrogen-bond donors (Lipinski definition) is 1. The van der Waals surface area contributed by atoms with Crippen LogP contribution in [0.1, 0.15) is 17.1 Å². The Morgan fingerprint density at radius 1 is 1.07 bits per heavy atom. The van der Waals surface area contributed by atoms with Crippen LogP contribution < -0.4 is 15.5 Å². The lowest BCUT2D eigenvalue weighted by atomic mass is 10.1. The molecule has 1 aromatic carbocycles. The van der Waals surface area contributed by atoms with Gasteiger partial charge in [0.25, 0.3) is 0 Å². The lowest BCUT2D eigenvalue weighted by molar-refractivity contribution is 0.228. The van der Waals surface area contributed by atoms with Gasteiger partial charge in [-0.1, -0.05) is 0 Å². The number of piperazine rings is 1. The van der Waals surface area contributed by atoms with Crippen LogP contribution in [-0.4, -0.2) is 65.2 Å². The Labute approximate surface area is 170 Å². The second-order valence-electron chi connectivity index (χ2n) is 8.10. The smallest absolute Gasteiger partial charge is 0.209 e. The topological polar surface area (TPSA) is 87.6 Å². The van der Waals surface area contributed by atoms with Crippen LogP contribution in [0.25, 0.3) is 11.1 Å². The third-order valence-electron chi connectivity index (χ3n) is 6.03. The zero-order valence-corrected chi connectivity index (χ0v) is 17.0. The summed E-state index contributed by atoms with van der Waals surface area (Å²) in [6.45, 7) is 10.5. The first-order chi connectivity index (χ1) is 14.1. The molecule has 2 N–H and O–H groups in total. The van der Waals surface area contributed by atoms with Crippen LogP contribution >= 0.6 is 0 Å². The van der Waals surface area contributed by atoms with E-state index in [1.54, 1.807) is 6.33 Å². The van der Waals surface area contributed by atoms with E-state index in [4.69, 9.17) is 10.2 Å². The molecule has 29 heavy (non-hydrogen) atoms. The third-order valence-corrected chi connectivity index (χ3v) is 6.03. The maximum atomic E-state index is 6.06. The van der Waals surface area contributed by atoms with E-state index in [1.165, 1.54) is 5.56 Å². The summed E-state index contributed by atoms with van der Waals surface area (Å²) in [5, 5.41) is 0. The van der Waals surface area contributed by atoms with Crippen LogP contribution in [0, 0.1) is 13.8 Å². The summed E-state index contributed by atoms with van der Waals surface area (Å²) in [6.07, 6.45) is 1.66. The van der Waals surface area contributed by atoms with E-state index in [1.807, 2.05) is 13.0 Å². The molecule has 2 aromatic heterocycles. The van der Waals surface area contributed by atoms with Crippen LogP contribution in [0.5, 0.6) is 0 Å². The third kappa shape index (κ3) is 3.54. The van der Waals surface area contributed by atoms with Gasteiger partial charge >= 0.3 is 0 Å². The fourth-order valence-corrected chi connectivity index (χ4v) is 4.10. The van der Waals surface area contributed by atoms with Crippen molar-refractivity contribution in [3.8, 4) is 0 Å². The highest BCUT2D eigenvalue weighted by molar-refractivity contribution is 5.77. The van der Waals surface area contributed by atoms with Gasteiger partial charge in [-0.3, -0.25) is 4.90 Å². The van der Waals surface area contributed by atoms with Crippen molar-refractivity contribution in [2.75, 3.05) is 49.1 Å². The molecule has 0 bridgehead atoms. The van der Waals surface area contributed by atoms with Crippen molar-refractivity contribution >= 4 is 22.6 Å². The molecular formula is C21H27N7O. The molecule has 2 aliphatic rings. The Morgan fingerprint density at radius 2 is 1.86 bits per heavy atom. The number of benzene rings is 1. The molecule has 4 heterocycles. The van der Waals surface area contributed by atoms with Gasteiger partial charge in [-0.2, -0.15) is 0 Å². The predicted octanol–water partition coefficient (Wildman–Crippen LogP) is 1.70. The number of oxazole rings is 1. The van der Waals surface area contributed by atoms with Crippen molar-refractivity contribution in [1.29, 1.82) is 0 Å². The molecule has 2 aliphatic heterocycles. The fraction of sp³-hybridized carbons (Fsp3) is 0.476. The highest BCUT2D eigenvalue weighted by Gasteiger charge is 2.24. The zero-order valence-electron chi connectivity index (χ0n) is 17.0. The molecule has 0 unspecified atom stereocenters. The van der Waals surface area contributed by atoms with E-state index in [2.05, 4.69) is 48.7 Å². The minimum Gasteiger partial charge on any atom is -0.439 e. The summed E-state index contributed by atoms with van der Waals surface area (Å²) < 4.78 is 6.06. The lowest BCUT2D eigenvalue weighted by Gasteiger charge is -2.38. The Balaban J connectivity index is 1.23. The highest BCUT2D eigenvalue weighted by Crippen LogP contribution is 2.26. The Morgan fingerprint density at radius 3 is 2.62 bits per heavy atom. The number of aryl methyl sites for hydroxylation is 1. The van der Waals surface area contributed by atoms with Crippen LogP contribution in [0.4, 0.5) is 11.5 Å². The summed E-state index contributed by atoms with van der Waals surface area (Å²) in [4.78, 5) is 20.5. The summed E-state index contributed by atoms with van der Waals surface area (Å²) in [6, 6.07) is 6.51. The standard InChI is InChI=1S/C21H27N7O/c1-14-15(2)23-13-24-21(14)27-7-5-26(6-8-27)12-20-25-18-4-3-17(9-19(18)29-20)28-10-16(22)11-28/h3-4,9,13,16H,5-8,10-12,22H2,1-2H3. The van der Waals surface area contributed by atoms with Gasteiger partial charge in [0, 0.05) is 68.3 Å². The van der Waals surface area contributed by atoms with Crippen LogP contribution in [0.15, 0.2) is 28.9 Å². The molecule has 0 aliphatic carbocycles. The molecule has 0 radical (unpaired) electrons. The maximum Gasteiger partial charge on any atom is 0.209 e. The van der Waals surface area contributed by atoms with Gasteiger partial charge < -0.3 is 20.0 Å². The van der Waals surface area contributed by atoms with E-state index in [-0.39, 0.29) is 6.04 Å². The fourth-order valence-electron chi connectivity index (χ4n) is 4.10. The normalized spacial score (nSPS) is 18.4. The number of aromatic nitrogens is 3. The monoisotopic (exact) mass is 393 g/mol. The molecule has 2 saturated heterocycles. The molecule has 3 aromatic rings. The first-order valence-electron chi connectivity index (χ1n) is 10.2. The average molecular weight is 393 g/mol. The second-order valence-corrected chi connectivity index (χ2v) is 8.10. The molecule has 2 fully saturated rings. The van der Waals surface area contributed by atoms with E-state index in [0.717, 1.165) is 80.0 Å².